The number of ether oxygens (including phenoxy) is 1. The molecule has 2 unspecified atom stereocenters. The van der Waals surface area contributed by atoms with E-state index < -0.39 is 17.4 Å². The van der Waals surface area contributed by atoms with Crippen molar-refractivity contribution >= 4 is 11.9 Å². The Balaban J connectivity index is 2.09. The van der Waals surface area contributed by atoms with Gasteiger partial charge in [-0.3, -0.25) is 9.59 Å². The molecule has 1 aliphatic heterocycles. The number of aliphatic carboxylic acids is 1. The minimum absolute atomic E-state index is 0.109. The SMILES string of the molecule is CC1(C(=O)O)COCC1NC(=O)c1ccc[nH]1. The van der Waals surface area contributed by atoms with E-state index in [0.717, 1.165) is 0 Å². The summed E-state index contributed by atoms with van der Waals surface area (Å²) in [6, 6.07) is 2.82. The van der Waals surface area contributed by atoms with Crippen molar-refractivity contribution in [1.82, 2.24) is 10.3 Å². The molecule has 6 heteroatoms. The summed E-state index contributed by atoms with van der Waals surface area (Å²) in [4.78, 5) is 25.7. The Morgan fingerprint density at radius 2 is 2.41 bits per heavy atom. The zero-order valence-electron chi connectivity index (χ0n) is 9.40. The van der Waals surface area contributed by atoms with Crippen molar-refractivity contribution in [2.45, 2.75) is 13.0 Å². The van der Waals surface area contributed by atoms with E-state index >= 15 is 0 Å². The van der Waals surface area contributed by atoms with Gasteiger partial charge in [0, 0.05) is 6.20 Å². The quantitative estimate of drug-likeness (QED) is 0.703. The molecule has 0 aliphatic carbocycles. The van der Waals surface area contributed by atoms with Crippen LogP contribution in [0.3, 0.4) is 0 Å². The lowest BCUT2D eigenvalue weighted by atomic mass is 9.85. The first kappa shape index (κ1) is 11.7. The molecule has 1 aromatic heterocycles. The van der Waals surface area contributed by atoms with Crippen molar-refractivity contribution in [2.24, 2.45) is 5.41 Å². The number of carboxylic acids is 1. The lowest BCUT2D eigenvalue weighted by Crippen LogP contribution is -2.49. The van der Waals surface area contributed by atoms with Crippen LogP contribution in [0.15, 0.2) is 18.3 Å². The van der Waals surface area contributed by atoms with Crippen LogP contribution >= 0.6 is 0 Å². The Bertz CT molecular complexity index is 429. The van der Waals surface area contributed by atoms with Gasteiger partial charge < -0.3 is 20.1 Å². The molecule has 0 spiro atoms. The second kappa shape index (κ2) is 4.21. The lowest BCUT2D eigenvalue weighted by Gasteiger charge is -2.25. The third kappa shape index (κ3) is 2.03. The fraction of sp³-hybridized carbons (Fsp3) is 0.455. The Kier molecular flexibility index (Phi) is 2.89. The maximum Gasteiger partial charge on any atom is 0.313 e. The predicted octanol–water partition coefficient (Wildman–Crippen LogP) is 0.234. The van der Waals surface area contributed by atoms with Crippen LogP contribution < -0.4 is 5.32 Å². The molecule has 2 rings (SSSR count). The minimum atomic E-state index is -1.07. The van der Waals surface area contributed by atoms with Crippen LogP contribution in [0.2, 0.25) is 0 Å². The molecule has 3 N–H and O–H groups in total. The molecule has 17 heavy (non-hydrogen) atoms. The van der Waals surface area contributed by atoms with Crippen molar-refractivity contribution < 1.29 is 19.4 Å². The Morgan fingerprint density at radius 1 is 1.65 bits per heavy atom. The topological polar surface area (TPSA) is 91.4 Å². The van der Waals surface area contributed by atoms with Crippen LogP contribution in [-0.2, 0) is 9.53 Å². The third-order valence-corrected chi connectivity index (χ3v) is 3.09. The van der Waals surface area contributed by atoms with E-state index in [1.54, 1.807) is 25.3 Å². The van der Waals surface area contributed by atoms with Gasteiger partial charge in [-0.15, -0.1) is 0 Å². The van der Waals surface area contributed by atoms with Crippen LogP contribution in [-0.4, -0.2) is 41.2 Å². The standard InChI is InChI=1S/C11H14N2O4/c1-11(10(15)16)6-17-5-8(11)13-9(14)7-3-2-4-12-7/h2-4,8,12H,5-6H2,1H3,(H,13,14)(H,15,16). The second-order valence-corrected chi connectivity index (χ2v) is 4.35. The molecule has 0 aromatic carbocycles. The molecule has 1 fully saturated rings. The van der Waals surface area contributed by atoms with Gasteiger partial charge in [0.25, 0.3) is 5.91 Å². The molecule has 6 nitrogen and oxygen atoms in total. The van der Waals surface area contributed by atoms with Gasteiger partial charge in [-0.05, 0) is 19.1 Å². The fourth-order valence-electron chi connectivity index (χ4n) is 1.79. The van der Waals surface area contributed by atoms with Gasteiger partial charge in [0.05, 0.1) is 19.3 Å². The zero-order chi connectivity index (χ0) is 12.5. The van der Waals surface area contributed by atoms with E-state index in [1.807, 2.05) is 0 Å². The van der Waals surface area contributed by atoms with Gasteiger partial charge >= 0.3 is 5.97 Å². The fourth-order valence-corrected chi connectivity index (χ4v) is 1.79. The zero-order valence-corrected chi connectivity index (χ0v) is 9.40. The van der Waals surface area contributed by atoms with Crippen LogP contribution in [0.1, 0.15) is 17.4 Å². The highest BCUT2D eigenvalue weighted by Crippen LogP contribution is 2.28. The predicted molar refractivity (Wildman–Crippen MR) is 58.6 cm³/mol. The third-order valence-electron chi connectivity index (χ3n) is 3.09. The monoisotopic (exact) mass is 238 g/mol. The van der Waals surface area contributed by atoms with Gasteiger partial charge in [0.1, 0.15) is 11.1 Å². The number of nitrogens with one attached hydrogen (secondary N) is 2. The Hall–Kier alpha value is -1.82. The molecule has 1 saturated heterocycles. The number of carboxylic acid groups (broad SMARTS) is 1. The maximum absolute atomic E-state index is 11.8. The molecule has 2 atom stereocenters. The first-order valence-electron chi connectivity index (χ1n) is 5.29. The summed E-state index contributed by atoms with van der Waals surface area (Å²) >= 11 is 0. The average Bonchev–Trinajstić information content (AvgIpc) is 2.89. The van der Waals surface area contributed by atoms with Crippen molar-refractivity contribution in [3.63, 3.8) is 0 Å². The van der Waals surface area contributed by atoms with E-state index in [1.165, 1.54) is 0 Å². The Morgan fingerprint density at radius 3 is 3.00 bits per heavy atom. The average molecular weight is 238 g/mol. The summed E-state index contributed by atoms with van der Waals surface area (Å²) in [6.07, 6.45) is 1.64. The largest absolute Gasteiger partial charge is 0.481 e. The summed E-state index contributed by atoms with van der Waals surface area (Å²) in [5, 5.41) is 11.8. The van der Waals surface area contributed by atoms with E-state index in [2.05, 4.69) is 10.3 Å². The summed E-state index contributed by atoms with van der Waals surface area (Å²) in [5.74, 6) is -1.29. The molecule has 0 radical (unpaired) electrons. The first-order chi connectivity index (χ1) is 8.04. The van der Waals surface area contributed by atoms with Crippen LogP contribution in [0.25, 0.3) is 0 Å². The number of H-pyrrole nitrogens is 1. The molecule has 92 valence electrons. The van der Waals surface area contributed by atoms with Crippen molar-refractivity contribution in [3.05, 3.63) is 24.0 Å². The van der Waals surface area contributed by atoms with Gasteiger partial charge in [-0.2, -0.15) is 0 Å². The number of aromatic nitrogens is 1. The number of hydrogen-bond acceptors (Lipinski definition) is 3. The van der Waals surface area contributed by atoms with Crippen LogP contribution in [0.5, 0.6) is 0 Å². The molecule has 0 bridgehead atoms. The highest BCUT2D eigenvalue weighted by atomic mass is 16.5. The minimum Gasteiger partial charge on any atom is -0.481 e. The van der Waals surface area contributed by atoms with Gasteiger partial charge in [-0.25, -0.2) is 0 Å². The number of amides is 1. The van der Waals surface area contributed by atoms with Gasteiger partial charge in [0.2, 0.25) is 0 Å². The summed E-state index contributed by atoms with van der Waals surface area (Å²) in [6.45, 7) is 1.90. The summed E-state index contributed by atoms with van der Waals surface area (Å²) < 4.78 is 5.15. The smallest absolute Gasteiger partial charge is 0.313 e. The molecule has 1 aliphatic rings. The highest BCUT2D eigenvalue weighted by molar-refractivity contribution is 5.93. The van der Waals surface area contributed by atoms with E-state index in [0.29, 0.717) is 5.69 Å². The van der Waals surface area contributed by atoms with E-state index in [9.17, 15) is 9.59 Å². The summed E-state index contributed by atoms with van der Waals surface area (Å²) in [7, 11) is 0. The number of rotatable bonds is 3. The molecule has 1 aromatic rings. The number of carbonyl (C=O) groups is 2. The van der Waals surface area contributed by atoms with E-state index in [-0.39, 0.29) is 19.1 Å². The van der Waals surface area contributed by atoms with Crippen molar-refractivity contribution in [2.75, 3.05) is 13.2 Å². The number of aromatic amines is 1. The number of hydrogen-bond donors (Lipinski definition) is 3. The number of carbonyl (C=O) groups excluding carboxylic acids is 1. The highest BCUT2D eigenvalue weighted by Gasteiger charge is 2.47. The Labute approximate surface area is 98.0 Å². The van der Waals surface area contributed by atoms with Crippen LogP contribution in [0, 0.1) is 5.41 Å². The normalized spacial score (nSPS) is 27.9. The van der Waals surface area contributed by atoms with Crippen LogP contribution in [0.4, 0.5) is 0 Å². The molecular weight excluding hydrogens is 224 g/mol. The molecule has 0 saturated carbocycles. The molecular formula is C11H14N2O4. The van der Waals surface area contributed by atoms with Crippen molar-refractivity contribution in [3.8, 4) is 0 Å². The first-order valence-corrected chi connectivity index (χ1v) is 5.29. The maximum atomic E-state index is 11.8. The van der Waals surface area contributed by atoms with Gasteiger partial charge in [0.15, 0.2) is 0 Å². The molecule has 1 amide bonds. The van der Waals surface area contributed by atoms with E-state index in [4.69, 9.17) is 9.84 Å². The summed E-state index contributed by atoms with van der Waals surface area (Å²) in [5.41, 5.74) is -0.660. The lowest BCUT2D eigenvalue weighted by molar-refractivity contribution is -0.148. The second-order valence-electron chi connectivity index (χ2n) is 4.35. The van der Waals surface area contributed by atoms with Crippen molar-refractivity contribution in [1.29, 1.82) is 0 Å². The molecule has 2 heterocycles. The van der Waals surface area contributed by atoms with Gasteiger partial charge in [-0.1, -0.05) is 0 Å².